The summed E-state index contributed by atoms with van der Waals surface area (Å²) in [5, 5.41) is 0. The van der Waals surface area contributed by atoms with Gasteiger partial charge in [0.2, 0.25) is 0 Å². The zero-order valence-electron chi connectivity index (χ0n) is 9.09. The van der Waals surface area contributed by atoms with Gasteiger partial charge in [-0.05, 0) is 36.5 Å². The van der Waals surface area contributed by atoms with E-state index in [9.17, 15) is 13.2 Å². The Morgan fingerprint density at radius 2 is 2.00 bits per heavy atom. The smallest absolute Gasteiger partial charge is 0.210 e. The van der Waals surface area contributed by atoms with Crippen LogP contribution >= 0.6 is 0 Å². The summed E-state index contributed by atoms with van der Waals surface area (Å²) in [4.78, 5) is 10.2. The second-order valence-corrected chi connectivity index (χ2v) is 5.35. The van der Waals surface area contributed by atoms with E-state index in [1.54, 1.807) is 18.2 Å². The molecule has 0 heterocycles. The highest BCUT2D eigenvalue weighted by molar-refractivity contribution is 7.90. The molecule has 0 spiro atoms. The lowest BCUT2D eigenvalue weighted by molar-refractivity contribution is 0.563. The lowest BCUT2D eigenvalue weighted by atomic mass is 10.1. The standard InChI is InChI=1S/C12H11NO3S/c14-9-13-17(15,16)12-8-4-3-7-11(12)10-5-1-2-6-10/h3-5,7-8H,1-2,6H2. The molecule has 0 N–H and O–H groups in total. The number of isocyanates is 1. The summed E-state index contributed by atoms with van der Waals surface area (Å²) in [5.41, 5.74) is 1.65. The summed E-state index contributed by atoms with van der Waals surface area (Å²) >= 11 is 0. The molecule has 0 amide bonds. The quantitative estimate of drug-likeness (QED) is 0.609. The molecule has 5 heteroatoms. The van der Waals surface area contributed by atoms with Crippen LogP contribution < -0.4 is 0 Å². The van der Waals surface area contributed by atoms with Gasteiger partial charge < -0.3 is 0 Å². The minimum atomic E-state index is -3.92. The first-order chi connectivity index (χ1) is 8.15. The first kappa shape index (κ1) is 11.8. The van der Waals surface area contributed by atoms with Gasteiger partial charge in [-0.2, -0.15) is 8.42 Å². The average molecular weight is 249 g/mol. The predicted molar refractivity (Wildman–Crippen MR) is 63.6 cm³/mol. The van der Waals surface area contributed by atoms with Crippen molar-refractivity contribution < 1.29 is 13.2 Å². The molecule has 1 aromatic rings. The van der Waals surface area contributed by atoms with Crippen molar-refractivity contribution in [3.8, 4) is 0 Å². The Kier molecular flexibility index (Phi) is 3.22. The lowest BCUT2D eigenvalue weighted by Crippen LogP contribution is -2.00. The largest absolute Gasteiger partial charge is 0.293 e. The number of hydrogen-bond acceptors (Lipinski definition) is 3. The molecule has 0 bridgehead atoms. The molecule has 1 aliphatic rings. The van der Waals surface area contributed by atoms with E-state index in [-0.39, 0.29) is 4.90 Å². The van der Waals surface area contributed by atoms with Crippen LogP contribution in [0.2, 0.25) is 0 Å². The molecular formula is C12H11NO3S. The Morgan fingerprint density at radius 1 is 1.24 bits per heavy atom. The molecule has 1 aromatic carbocycles. The molecule has 0 aliphatic heterocycles. The van der Waals surface area contributed by atoms with Gasteiger partial charge in [0, 0.05) is 0 Å². The van der Waals surface area contributed by atoms with Gasteiger partial charge >= 0.3 is 0 Å². The number of nitrogens with zero attached hydrogens (tertiary/aromatic N) is 1. The third-order valence-corrected chi connectivity index (χ3v) is 3.94. The highest BCUT2D eigenvalue weighted by Gasteiger charge is 2.20. The van der Waals surface area contributed by atoms with Gasteiger partial charge in [-0.25, -0.2) is 4.79 Å². The Balaban J connectivity index is 2.59. The van der Waals surface area contributed by atoms with Crippen LogP contribution in [0.5, 0.6) is 0 Å². The van der Waals surface area contributed by atoms with E-state index >= 15 is 0 Å². The third kappa shape index (κ3) is 2.35. The first-order valence-corrected chi connectivity index (χ1v) is 6.72. The normalized spacial score (nSPS) is 15.2. The van der Waals surface area contributed by atoms with Crippen molar-refractivity contribution in [2.24, 2.45) is 4.40 Å². The van der Waals surface area contributed by atoms with Gasteiger partial charge in [0.15, 0.2) is 0 Å². The monoisotopic (exact) mass is 249 g/mol. The molecular weight excluding hydrogens is 238 g/mol. The van der Waals surface area contributed by atoms with E-state index in [1.165, 1.54) is 6.07 Å². The Hall–Kier alpha value is -1.71. The van der Waals surface area contributed by atoms with E-state index in [2.05, 4.69) is 4.40 Å². The molecule has 0 fully saturated rings. The fraction of sp³-hybridized carbons (Fsp3) is 0.250. The van der Waals surface area contributed by atoms with Crippen molar-refractivity contribution in [1.82, 2.24) is 0 Å². The molecule has 1 aliphatic carbocycles. The number of hydrogen-bond donors (Lipinski definition) is 0. The van der Waals surface area contributed by atoms with Crippen molar-refractivity contribution in [3.05, 3.63) is 35.9 Å². The zero-order chi connectivity index (χ0) is 12.3. The van der Waals surface area contributed by atoms with Crippen LogP contribution in [0.1, 0.15) is 24.8 Å². The topological polar surface area (TPSA) is 63.6 Å². The fourth-order valence-corrected chi connectivity index (χ4v) is 2.89. The van der Waals surface area contributed by atoms with Gasteiger partial charge in [0.05, 0.1) is 4.90 Å². The molecule has 0 atom stereocenters. The summed E-state index contributed by atoms with van der Waals surface area (Å²) in [6, 6.07) is 6.60. The van der Waals surface area contributed by atoms with Gasteiger partial charge in [-0.1, -0.05) is 28.7 Å². The van der Waals surface area contributed by atoms with E-state index < -0.39 is 10.0 Å². The summed E-state index contributed by atoms with van der Waals surface area (Å²) in [6.07, 6.45) is 5.96. The number of carbonyl (C=O) groups excluding carboxylic acids is 1. The van der Waals surface area contributed by atoms with Crippen molar-refractivity contribution >= 4 is 21.7 Å². The molecule has 2 rings (SSSR count). The minimum absolute atomic E-state index is 0.0801. The van der Waals surface area contributed by atoms with E-state index in [0.29, 0.717) is 5.56 Å². The summed E-state index contributed by atoms with van der Waals surface area (Å²) in [6.45, 7) is 0. The molecule has 0 aromatic heterocycles. The molecule has 0 saturated carbocycles. The molecule has 88 valence electrons. The van der Waals surface area contributed by atoms with E-state index in [1.807, 2.05) is 6.08 Å². The van der Waals surface area contributed by atoms with Crippen LogP contribution in [0.3, 0.4) is 0 Å². The lowest BCUT2D eigenvalue weighted by Gasteiger charge is -2.07. The maximum absolute atomic E-state index is 11.8. The molecule has 0 unspecified atom stereocenters. The highest BCUT2D eigenvalue weighted by atomic mass is 32.2. The second-order valence-electron chi connectivity index (χ2n) is 3.78. The van der Waals surface area contributed by atoms with Crippen LogP contribution in [-0.4, -0.2) is 14.5 Å². The Bertz CT molecular complexity index is 610. The maximum atomic E-state index is 11.8. The fourth-order valence-electron chi connectivity index (χ4n) is 1.97. The third-order valence-electron chi connectivity index (χ3n) is 2.71. The van der Waals surface area contributed by atoms with Gasteiger partial charge in [-0.3, -0.25) is 0 Å². The van der Waals surface area contributed by atoms with E-state index in [4.69, 9.17) is 0 Å². The number of benzene rings is 1. The summed E-state index contributed by atoms with van der Waals surface area (Å²) < 4.78 is 26.4. The number of sulfonamides is 1. The van der Waals surface area contributed by atoms with Crippen LogP contribution in [0.15, 0.2) is 39.6 Å². The predicted octanol–water partition coefficient (Wildman–Crippen LogP) is 2.28. The molecule has 17 heavy (non-hydrogen) atoms. The maximum Gasteiger partial charge on any atom is 0.293 e. The minimum Gasteiger partial charge on any atom is -0.210 e. The Labute approximate surface area is 99.7 Å². The van der Waals surface area contributed by atoms with Crippen molar-refractivity contribution in [1.29, 1.82) is 0 Å². The van der Waals surface area contributed by atoms with Crippen molar-refractivity contribution in [3.63, 3.8) is 0 Å². The number of rotatable bonds is 3. The zero-order valence-corrected chi connectivity index (χ0v) is 9.90. The van der Waals surface area contributed by atoms with Crippen LogP contribution in [-0.2, 0) is 14.8 Å². The Morgan fingerprint density at radius 3 is 2.65 bits per heavy atom. The van der Waals surface area contributed by atoms with Crippen LogP contribution in [0.4, 0.5) is 0 Å². The number of allylic oxidation sites excluding steroid dienone is 2. The molecule has 0 radical (unpaired) electrons. The van der Waals surface area contributed by atoms with Crippen molar-refractivity contribution in [2.45, 2.75) is 24.2 Å². The van der Waals surface area contributed by atoms with Crippen LogP contribution in [0, 0.1) is 0 Å². The average Bonchev–Trinajstić information content (AvgIpc) is 2.82. The molecule has 4 nitrogen and oxygen atoms in total. The van der Waals surface area contributed by atoms with Crippen LogP contribution in [0.25, 0.3) is 5.57 Å². The second kappa shape index (κ2) is 4.65. The molecule has 0 saturated heterocycles. The van der Waals surface area contributed by atoms with Gasteiger partial charge in [0.1, 0.15) is 0 Å². The van der Waals surface area contributed by atoms with E-state index in [0.717, 1.165) is 30.9 Å². The summed E-state index contributed by atoms with van der Waals surface area (Å²) in [5.74, 6) is 0. The first-order valence-electron chi connectivity index (χ1n) is 5.28. The highest BCUT2D eigenvalue weighted by Crippen LogP contribution is 2.32. The summed E-state index contributed by atoms with van der Waals surface area (Å²) in [7, 11) is -3.92. The SMILES string of the molecule is O=C=NS(=O)(=O)c1ccccc1C1=CCCC1. The van der Waals surface area contributed by atoms with Gasteiger partial charge in [0.25, 0.3) is 16.1 Å². The van der Waals surface area contributed by atoms with Crippen molar-refractivity contribution in [2.75, 3.05) is 0 Å². The van der Waals surface area contributed by atoms with Gasteiger partial charge in [-0.15, -0.1) is 0 Å².